The van der Waals surface area contributed by atoms with E-state index in [1.165, 1.54) is 24.0 Å². The van der Waals surface area contributed by atoms with Crippen LogP contribution in [0.2, 0.25) is 0 Å². The molecule has 3 rings (SSSR count). The molecule has 1 aliphatic carbocycles. The maximum absolute atomic E-state index is 12.3. The Morgan fingerprint density at radius 2 is 1.84 bits per heavy atom. The number of hydrogen-bond donors (Lipinski definition) is 0. The Morgan fingerprint density at radius 1 is 1.11 bits per heavy atom. The zero-order valence-corrected chi connectivity index (χ0v) is 11.3. The van der Waals surface area contributed by atoms with E-state index in [0.29, 0.717) is 11.8 Å². The van der Waals surface area contributed by atoms with Gasteiger partial charge in [0, 0.05) is 19.0 Å². The van der Waals surface area contributed by atoms with Gasteiger partial charge in [-0.2, -0.15) is 0 Å². The Morgan fingerprint density at radius 3 is 2.47 bits per heavy atom. The van der Waals surface area contributed by atoms with Gasteiger partial charge in [-0.3, -0.25) is 4.79 Å². The first-order chi connectivity index (χ1) is 9.34. The second-order valence-corrected chi connectivity index (χ2v) is 5.61. The molecule has 0 saturated heterocycles. The fraction of sp³-hybridized carbons (Fsp3) is 0.471. The zero-order valence-electron chi connectivity index (χ0n) is 11.3. The molecule has 1 amide bonds. The first-order valence-corrected chi connectivity index (χ1v) is 7.38. The molecule has 1 fully saturated rings. The molecule has 0 radical (unpaired) electrons. The zero-order chi connectivity index (χ0) is 13.1. The van der Waals surface area contributed by atoms with Crippen LogP contribution >= 0.6 is 0 Å². The number of rotatable bonds is 2. The Kier molecular flexibility index (Phi) is 3.67. The van der Waals surface area contributed by atoms with Crippen molar-refractivity contribution < 1.29 is 4.79 Å². The first kappa shape index (κ1) is 12.5. The van der Waals surface area contributed by atoms with Crippen LogP contribution in [0.15, 0.2) is 36.4 Å². The Labute approximate surface area is 115 Å². The monoisotopic (exact) mass is 255 g/mol. The summed E-state index contributed by atoms with van der Waals surface area (Å²) in [6.07, 6.45) is 7.88. The number of amides is 1. The average Bonchev–Trinajstić information content (AvgIpc) is 3.02. The number of hydrogen-bond acceptors (Lipinski definition) is 1. The maximum atomic E-state index is 12.3. The van der Waals surface area contributed by atoms with E-state index in [2.05, 4.69) is 30.3 Å². The van der Waals surface area contributed by atoms with Crippen molar-refractivity contribution in [2.45, 2.75) is 32.1 Å². The largest absolute Gasteiger partial charge is 0.338 e. The van der Waals surface area contributed by atoms with E-state index < -0.39 is 0 Å². The SMILES string of the molecule is O=C(C1CCCC1)N1CC=C(c2ccccc2)CC1. The van der Waals surface area contributed by atoms with Crippen LogP contribution in [-0.4, -0.2) is 23.9 Å². The molecule has 2 aliphatic rings. The quantitative estimate of drug-likeness (QED) is 0.792. The van der Waals surface area contributed by atoms with E-state index in [4.69, 9.17) is 0 Å². The van der Waals surface area contributed by atoms with E-state index >= 15 is 0 Å². The normalized spacial score (nSPS) is 20.4. The summed E-state index contributed by atoms with van der Waals surface area (Å²) in [6.45, 7) is 1.68. The van der Waals surface area contributed by atoms with Gasteiger partial charge in [0.2, 0.25) is 5.91 Å². The number of benzene rings is 1. The van der Waals surface area contributed by atoms with Gasteiger partial charge in [0.25, 0.3) is 0 Å². The summed E-state index contributed by atoms with van der Waals surface area (Å²) in [6, 6.07) is 10.5. The molecule has 1 heterocycles. The van der Waals surface area contributed by atoms with Crippen LogP contribution in [0, 0.1) is 5.92 Å². The Hall–Kier alpha value is -1.57. The van der Waals surface area contributed by atoms with Gasteiger partial charge in [-0.25, -0.2) is 0 Å². The van der Waals surface area contributed by atoms with E-state index in [1.54, 1.807) is 0 Å². The van der Waals surface area contributed by atoms with Gasteiger partial charge in [0.05, 0.1) is 0 Å². The third-order valence-electron chi connectivity index (χ3n) is 4.37. The number of nitrogens with zero attached hydrogens (tertiary/aromatic N) is 1. The summed E-state index contributed by atoms with van der Waals surface area (Å²) in [7, 11) is 0. The van der Waals surface area contributed by atoms with Crippen LogP contribution < -0.4 is 0 Å². The van der Waals surface area contributed by atoms with Crippen LogP contribution in [0.3, 0.4) is 0 Å². The Bertz CT molecular complexity index is 471. The minimum absolute atomic E-state index is 0.312. The lowest BCUT2D eigenvalue weighted by Crippen LogP contribution is -2.38. The molecule has 100 valence electrons. The van der Waals surface area contributed by atoms with E-state index in [-0.39, 0.29) is 0 Å². The lowest BCUT2D eigenvalue weighted by molar-refractivity contribution is -0.134. The van der Waals surface area contributed by atoms with Crippen molar-refractivity contribution in [2.75, 3.05) is 13.1 Å². The third kappa shape index (κ3) is 2.73. The summed E-state index contributed by atoms with van der Waals surface area (Å²) in [5, 5.41) is 0. The fourth-order valence-corrected chi connectivity index (χ4v) is 3.21. The van der Waals surface area contributed by atoms with Crippen LogP contribution in [0.5, 0.6) is 0 Å². The average molecular weight is 255 g/mol. The van der Waals surface area contributed by atoms with Crippen molar-refractivity contribution in [3.05, 3.63) is 42.0 Å². The molecule has 2 heteroatoms. The summed E-state index contributed by atoms with van der Waals surface area (Å²) < 4.78 is 0. The summed E-state index contributed by atoms with van der Waals surface area (Å²) in [5.41, 5.74) is 2.69. The predicted octanol–water partition coefficient (Wildman–Crippen LogP) is 3.49. The topological polar surface area (TPSA) is 20.3 Å². The smallest absolute Gasteiger partial charge is 0.225 e. The van der Waals surface area contributed by atoms with Crippen molar-refractivity contribution in [3.63, 3.8) is 0 Å². The van der Waals surface area contributed by atoms with Crippen molar-refractivity contribution in [2.24, 2.45) is 5.92 Å². The van der Waals surface area contributed by atoms with E-state index in [0.717, 1.165) is 32.4 Å². The molecule has 1 aromatic carbocycles. The van der Waals surface area contributed by atoms with Crippen LogP contribution in [0.1, 0.15) is 37.7 Å². The van der Waals surface area contributed by atoms with E-state index in [1.807, 2.05) is 11.0 Å². The lowest BCUT2D eigenvalue weighted by atomic mass is 9.98. The molecule has 0 bridgehead atoms. The lowest BCUT2D eigenvalue weighted by Gasteiger charge is -2.29. The van der Waals surface area contributed by atoms with Crippen molar-refractivity contribution in [1.82, 2.24) is 4.90 Å². The second-order valence-electron chi connectivity index (χ2n) is 5.61. The Balaban J connectivity index is 1.65. The minimum atomic E-state index is 0.312. The molecule has 2 nitrogen and oxygen atoms in total. The number of carbonyl (C=O) groups excluding carboxylic acids is 1. The molecule has 0 unspecified atom stereocenters. The van der Waals surface area contributed by atoms with Gasteiger partial charge in [-0.1, -0.05) is 49.2 Å². The highest BCUT2D eigenvalue weighted by atomic mass is 16.2. The fourth-order valence-electron chi connectivity index (χ4n) is 3.21. The van der Waals surface area contributed by atoms with Gasteiger partial charge >= 0.3 is 0 Å². The highest BCUT2D eigenvalue weighted by Crippen LogP contribution is 2.28. The first-order valence-electron chi connectivity index (χ1n) is 7.38. The van der Waals surface area contributed by atoms with Crippen molar-refractivity contribution >= 4 is 11.5 Å². The molecule has 0 aromatic heterocycles. The summed E-state index contributed by atoms with van der Waals surface area (Å²) in [4.78, 5) is 14.4. The predicted molar refractivity (Wildman–Crippen MR) is 77.6 cm³/mol. The molecule has 0 N–H and O–H groups in total. The van der Waals surface area contributed by atoms with Crippen molar-refractivity contribution in [3.8, 4) is 0 Å². The molecule has 0 spiro atoms. The van der Waals surface area contributed by atoms with Crippen LogP contribution in [0.25, 0.3) is 5.57 Å². The highest BCUT2D eigenvalue weighted by Gasteiger charge is 2.27. The maximum Gasteiger partial charge on any atom is 0.225 e. The molecule has 1 saturated carbocycles. The third-order valence-corrected chi connectivity index (χ3v) is 4.37. The van der Waals surface area contributed by atoms with Crippen LogP contribution in [-0.2, 0) is 4.79 Å². The second kappa shape index (κ2) is 5.60. The van der Waals surface area contributed by atoms with Gasteiger partial charge in [0.15, 0.2) is 0 Å². The number of carbonyl (C=O) groups is 1. The molecule has 1 aliphatic heterocycles. The van der Waals surface area contributed by atoms with Crippen LogP contribution in [0.4, 0.5) is 0 Å². The summed E-state index contributed by atoms with van der Waals surface area (Å²) in [5.74, 6) is 0.701. The molecular weight excluding hydrogens is 234 g/mol. The van der Waals surface area contributed by atoms with Crippen molar-refractivity contribution in [1.29, 1.82) is 0 Å². The van der Waals surface area contributed by atoms with Gasteiger partial charge in [0.1, 0.15) is 0 Å². The summed E-state index contributed by atoms with van der Waals surface area (Å²) >= 11 is 0. The van der Waals surface area contributed by atoms with Gasteiger partial charge in [-0.05, 0) is 30.4 Å². The van der Waals surface area contributed by atoms with E-state index in [9.17, 15) is 4.79 Å². The molecule has 19 heavy (non-hydrogen) atoms. The molecular formula is C17H21NO. The highest BCUT2D eigenvalue weighted by molar-refractivity contribution is 5.80. The minimum Gasteiger partial charge on any atom is -0.338 e. The van der Waals surface area contributed by atoms with Gasteiger partial charge in [-0.15, -0.1) is 0 Å². The van der Waals surface area contributed by atoms with Gasteiger partial charge < -0.3 is 4.90 Å². The molecule has 0 atom stereocenters. The standard InChI is InChI=1S/C17H21NO/c19-17(16-8-4-5-9-16)18-12-10-15(11-13-18)14-6-2-1-3-7-14/h1-3,6-7,10,16H,4-5,8-9,11-13H2. The molecule has 1 aromatic rings.